The molecule has 11 heteroatoms. The first kappa shape index (κ1) is 19.2. The van der Waals surface area contributed by atoms with Gasteiger partial charge in [-0.05, 0) is 34.1 Å². The Labute approximate surface area is 165 Å². The third-order valence-corrected chi connectivity index (χ3v) is 4.42. The molecule has 0 aliphatic rings. The van der Waals surface area contributed by atoms with Gasteiger partial charge in [-0.2, -0.15) is 0 Å². The van der Waals surface area contributed by atoms with Crippen LogP contribution in [0.25, 0.3) is 10.9 Å². The van der Waals surface area contributed by atoms with Gasteiger partial charge in [0.05, 0.1) is 16.0 Å². The van der Waals surface area contributed by atoms with Crippen molar-refractivity contribution in [3.63, 3.8) is 0 Å². The minimum Gasteiger partial charge on any atom is -0.493 e. The molecule has 3 aromatic rings. The van der Waals surface area contributed by atoms with Crippen LogP contribution in [-0.4, -0.2) is 33.4 Å². The van der Waals surface area contributed by atoms with Crippen molar-refractivity contribution >= 4 is 50.0 Å². The Hall–Kier alpha value is -3.60. The number of hydrogen-bond acceptors (Lipinski definition) is 6. The third kappa shape index (κ3) is 4.04. The summed E-state index contributed by atoms with van der Waals surface area (Å²) in [5, 5.41) is 30.6. The largest absolute Gasteiger partial charge is 0.493 e. The first-order valence-electron chi connectivity index (χ1n) is 7.83. The molecule has 0 atom stereocenters. The molecule has 1 heterocycles. The molecule has 10 nitrogen and oxygen atoms in total. The van der Waals surface area contributed by atoms with Gasteiger partial charge in [0.15, 0.2) is 5.69 Å². The summed E-state index contributed by atoms with van der Waals surface area (Å²) in [6, 6.07) is 10.6. The van der Waals surface area contributed by atoms with E-state index in [0.29, 0.717) is 15.6 Å². The average Bonchev–Trinajstić information content (AvgIpc) is 2.99. The number of H-pyrrole nitrogens is 1. The number of nitrogens with one attached hydrogen (secondary N) is 2. The maximum atomic E-state index is 12.1. The first-order valence-corrected chi connectivity index (χ1v) is 8.62. The highest BCUT2D eigenvalue weighted by molar-refractivity contribution is 9.10. The number of amides is 2. The van der Waals surface area contributed by atoms with E-state index in [9.17, 15) is 24.8 Å². The zero-order valence-corrected chi connectivity index (χ0v) is 15.6. The molecule has 2 amide bonds. The predicted molar refractivity (Wildman–Crippen MR) is 103 cm³/mol. The Bertz CT molecular complexity index is 1120. The van der Waals surface area contributed by atoms with E-state index in [4.69, 9.17) is 0 Å². The number of aromatic nitrogens is 1. The average molecular weight is 446 g/mol. The molecule has 28 heavy (non-hydrogen) atoms. The summed E-state index contributed by atoms with van der Waals surface area (Å²) in [5.74, 6) is -1.62. The summed E-state index contributed by atoms with van der Waals surface area (Å²) in [7, 11) is 0. The number of carbonyl (C=O) groups excluding carboxylic acids is 2. The number of fused-ring (bicyclic) bond motifs is 1. The summed E-state index contributed by atoms with van der Waals surface area (Å²) >= 11 is 3.24. The quantitative estimate of drug-likeness (QED) is 0.311. The maximum Gasteiger partial charge on any atom is 0.283 e. The van der Waals surface area contributed by atoms with Crippen molar-refractivity contribution in [3.8, 4) is 5.88 Å². The lowest BCUT2D eigenvalue weighted by atomic mass is 10.2. The van der Waals surface area contributed by atoms with Crippen LogP contribution >= 0.6 is 15.9 Å². The molecular weight excluding hydrogens is 434 g/mol. The van der Waals surface area contributed by atoms with E-state index in [0.717, 1.165) is 0 Å². The number of benzene rings is 2. The van der Waals surface area contributed by atoms with Crippen LogP contribution in [0.2, 0.25) is 0 Å². The van der Waals surface area contributed by atoms with Gasteiger partial charge in [-0.3, -0.25) is 19.7 Å². The number of carbonyl (C=O) groups is 2. The molecular formula is C17H12BrN5O5. The van der Waals surface area contributed by atoms with Gasteiger partial charge in [-0.15, -0.1) is 10.2 Å². The van der Waals surface area contributed by atoms with Crippen LogP contribution in [0.15, 0.2) is 57.2 Å². The van der Waals surface area contributed by atoms with Gasteiger partial charge < -0.3 is 15.4 Å². The molecule has 0 unspecified atom stereocenters. The van der Waals surface area contributed by atoms with Crippen molar-refractivity contribution in [3.05, 3.63) is 62.6 Å². The predicted octanol–water partition coefficient (Wildman–Crippen LogP) is 3.58. The second kappa shape index (κ2) is 7.96. The monoisotopic (exact) mass is 445 g/mol. The van der Waals surface area contributed by atoms with Gasteiger partial charge >= 0.3 is 0 Å². The number of rotatable bonds is 5. The molecule has 0 aliphatic heterocycles. The van der Waals surface area contributed by atoms with Gasteiger partial charge in [0, 0.05) is 22.0 Å². The SMILES string of the molecule is O=C(CNC(=O)c1ccccc1Br)N=Nc1c(O)[nH]c2ccc([N+](=O)[O-])cc12. The molecule has 2 aromatic carbocycles. The highest BCUT2D eigenvalue weighted by Crippen LogP contribution is 2.37. The van der Waals surface area contributed by atoms with Gasteiger partial charge in [0.1, 0.15) is 6.54 Å². The smallest absolute Gasteiger partial charge is 0.283 e. The highest BCUT2D eigenvalue weighted by Gasteiger charge is 2.16. The molecule has 1 aromatic heterocycles. The number of aromatic amines is 1. The van der Waals surface area contributed by atoms with Crippen molar-refractivity contribution in [2.24, 2.45) is 10.2 Å². The highest BCUT2D eigenvalue weighted by atomic mass is 79.9. The Morgan fingerprint density at radius 1 is 1.25 bits per heavy atom. The molecule has 0 aliphatic carbocycles. The molecule has 0 saturated heterocycles. The van der Waals surface area contributed by atoms with E-state index in [1.165, 1.54) is 18.2 Å². The lowest BCUT2D eigenvalue weighted by molar-refractivity contribution is -0.384. The fraction of sp³-hybridized carbons (Fsp3) is 0.0588. The van der Waals surface area contributed by atoms with Crippen LogP contribution in [-0.2, 0) is 4.79 Å². The van der Waals surface area contributed by atoms with Crippen molar-refractivity contribution in [1.82, 2.24) is 10.3 Å². The molecule has 0 saturated carbocycles. The van der Waals surface area contributed by atoms with Crippen LogP contribution in [0, 0.1) is 10.1 Å². The molecule has 0 spiro atoms. The Morgan fingerprint density at radius 2 is 2.00 bits per heavy atom. The number of aromatic hydroxyl groups is 1. The van der Waals surface area contributed by atoms with Crippen LogP contribution < -0.4 is 5.32 Å². The zero-order chi connectivity index (χ0) is 20.3. The van der Waals surface area contributed by atoms with Gasteiger partial charge in [-0.1, -0.05) is 12.1 Å². The Kier molecular flexibility index (Phi) is 5.45. The molecule has 3 N–H and O–H groups in total. The van der Waals surface area contributed by atoms with Gasteiger partial charge in [-0.25, -0.2) is 0 Å². The number of nitro benzene ring substituents is 1. The summed E-state index contributed by atoms with van der Waals surface area (Å²) in [4.78, 5) is 36.9. The van der Waals surface area contributed by atoms with Gasteiger partial charge in [0.2, 0.25) is 5.88 Å². The molecule has 0 bridgehead atoms. The topological polar surface area (TPSA) is 150 Å². The number of nitro groups is 1. The standard InChI is InChI=1S/C17H12BrN5O5/c18-12-4-2-1-3-10(12)16(25)19-8-14(24)21-22-15-11-7-9(23(27)28)5-6-13(11)20-17(15)26/h1-7,20,26H,8H2,(H,19,25). The lowest BCUT2D eigenvalue weighted by Gasteiger charge is -2.04. The van der Waals surface area contributed by atoms with E-state index in [1.54, 1.807) is 24.3 Å². The maximum absolute atomic E-state index is 12.1. The molecule has 0 radical (unpaired) electrons. The fourth-order valence-electron chi connectivity index (χ4n) is 2.40. The van der Waals surface area contributed by atoms with Crippen LogP contribution in [0.3, 0.4) is 0 Å². The number of non-ortho nitro benzene ring substituents is 1. The summed E-state index contributed by atoms with van der Waals surface area (Å²) in [6.45, 7) is -0.410. The Morgan fingerprint density at radius 3 is 2.71 bits per heavy atom. The summed E-state index contributed by atoms with van der Waals surface area (Å²) < 4.78 is 0.576. The van der Waals surface area contributed by atoms with Crippen LogP contribution in [0.5, 0.6) is 5.88 Å². The summed E-state index contributed by atoms with van der Waals surface area (Å²) in [6.07, 6.45) is 0. The third-order valence-electron chi connectivity index (χ3n) is 3.73. The number of nitrogens with zero attached hydrogens (tertiary/aromatic N) is 3. The Balaban J connectivity index is 1.73. The number of azo groups is 1. The molecule has 3 rings (SSSR count). The minimum absolute atomic E-state index is 0.107. The molecule has 0 fully saturated rings. The van der Waals surface area contributed by atoms with Gasteiger partial charge in [0.25, 0.3) is 17.5 Å². The van der Waals surface area contributed by atoms with E-state index in [-0.39, 0.29) is 22.6 Å². The van der Waals surface area contributed by atoms with E-state index < -0.39 is 23.3 Å². The second-order valence-corrected chi connectivity index (χ2v) is 6.42. The first-order chi connectivity index (χ1) is 13.4. The summed E-state index contributed by atoms with van der Waals surface area (Å²) in [5.41, 5.74) is 0.444. The van der Waals surface area contributed by atoms with E-state index in [2.05, 4.69) is 36.5 Å². The number of halogens is 1. The van der Waals surface area contributed by atoms with Crippen molar-refractivity contribution in [2.45, 2.75) is 0 Å². The van der Waals surface area contributed by atoms with Crippen LogP contribution in [0.1, 0.15) is 10.4 Å². The van der Waals surface area contributed by atoms with E-state index in [1.807, 2.05) is 0 Å². The normalized spacial score (nSPS) is 11.0. The minimum atomic E-state index is -0.764. The van der Waals surface area contributed by atoms with Crippen molar-refractivity contribution in [2.75, 3.05) is 6.54 Å². The molecule has 142 valence electrons. The van der Waals surface area contributed by atoms with Crippen molar-refractivity contribution < 1.29 is 19.6 Å². The van der Waals surface area contributed by atoms with Crippen LogP contribution in [0.4, 0.5) is 11.4 Å². The lowest BCUT2D eigenvalue weighted by Crippen LogP contribution is -2.28. The number of hydrogen-bond donors (Lipinski definition) is 3. The second-order valence-electron chi connectivity index (χ2n) is 5.57. The van der Waals surface area contributed by atoms with Crippen molar-refractivity contribution in [1.29, 1.82) is 0 Å². The zero-order valence-electron chi connectivity index (χ0n) is 14.0. The fourth-order valence-corrected chi connectivity index (χ4v) is 2.87. The van der Waals surface area contributed by atoms with E-state index >= 15 is 0 Å².